The van der Waals surface area contributed by atoms with Gasteiger partial charge in [-0.2, -0.15) is 0 Å². The molecule has 1 aromatic carbocycles. The highest BCUT2D eigenvalue weighted by atomic mass is 16.3. The van der Waals surface area contributed by atoms with Crippen LogP contribution in [0.3, 0.4) is 0 Å². The molecule has 1 aromatic heterocycles. The van der Waals surface area contributed by atoms with Gasteiger partial charge in [0.05, 0.1) is 12.1 Å². The van der Waals surface area contributed by atoms with Crippen molar-refractivity contribution >= 4 is 16.9 Å². The number of fused-ring (bicyclic) bond motifs is 1. The van der Waals surface area contributed by atoms with Gasteiger partial charge in [-0.3, -0.25) is 4.79 Å². The number of nitrogens with one attached hydrogen (secondary N) is 1. The molecule has 4 nitrogen and oxygen atoms in total. The van der Waals surface area contributed by atoms with Gasteiger partial charge in [0.25, 0.3) is 0 Å². The Kier molecular flexibility index (Phi) is 3.39. The van der Waals surface area contributed by atoms with Crippen LogP contribution in [-0.4, -0.2) is 11.9 Å². The Morgan fingerprint density at radius 3 is 2.61 bits per heavy atom. The van der Waals surface area contributed by atoms with E-state index >= 15 is 0 Å². The van der Waals surface area contributed by atoms with Crippen LogP contribution in [0.15, 0.2) is 28.7 Å². The Labute approximate surface area is 106 Å². The fourth-order valence-corrected chi connectivity index (χ4v) is 2.02. The molecule has 0 radical (unpaired) electrons. The number of hydrogen-bond acceptors (Lipinski definition) is 3. The Balaban J connectivity index is 2.30. The van der Waals surface area contributed by atoms with E-state index in [4.69, 9.17) is 10.2 Å². The van der Waals surface area contributed by atoms with E-state index in [0.717, 1.165) is 22.3 Å². The van der Waals surface area contributed by atoms with Crippen molar-refractivity contribution in [3.63, 3.8) is 0 Å². The lowest BCUT2D eigenvalue weighted by atomic mass is 10.1. The normalized spacial score (nSPS) is 14.4. The first kappa shape index (κ1) is 12.6. The predicted octanol–water partition coefficient (Wildman–Crippen LogP) is 2.27. The monoisotopic (exact) mass is 246 g/mol. The highest BCUT2D eigenvalue weighted by molar-refractivity contribution is 5.83. The van der Waals surface area contributed by atoms with Crippen molar-refractivity contribution in [1.82, 2.24) is 5.32 Å². The Morgan fingerprint density at radius 2 is 2.00 bits per heavy atom. The Hall–Kier alpha value is -1.81. The van der Waals surface area contributed by atoms with Gasteiger partial charge >= 0.3 is 0 Å². The van der Waals surface area contributed by atoms with Gasteiger partial charge in [0.15, 0.2) is 0 Å². The van der Waals surface area contributed by atoms with Crippen LogP contribution in [-0.2, 0) is 4.79 Å². The first-order valence-corrected chi connectivity index (χ1v) is 6.04. The van der Waals surface area contributed by atoms with Gasteiger partial charge < -0.3 is 15.5 Å². The van der Waals surface area contributed by atoms with E-state index < -0.39 is 6.04 Å². The molecule has 1 unspecified atom stereocenters. The van der Waals surface area contributed by atoms with Crippen molar-refractivity contribution in [2.24, 2.45) is 5.73 Å². The minimum absolute atomic E-state index is 0.178. The van der Waals surface area contributed by atoms with Crippen LogP contribution in [0.25, 0.3) is 11.0 Å². The van der Waals surface area contributed by atoms with Gasteiger partial charge in [-0.1, -0.05) is 18.2 Å². The average Bonchev–Trinajstić information content (AvgIpc) is 2.67. The van der Waals surface area contributed by atoms with Crippen LogP contribution in [0.4, 0.5) is 0 Å². The number of amides is 1. The van der Waals surface area contributed by atoms with Gasteiger partial charge in [0, 0.05) is 10.9 Å². The third-order valence-corrected chi connectivity index (χ3v) is 3.05. The van der Waals surface area contributed by atoms with Gasteiger partial charge in [0.2, 0.25) is 5.91 Å². The van der Waals surface area contributed by atoms with Crippen molar-refractivity contribution in [3.05, 3.63) is 35.6 Å². The number of para-hydroxylation sites is 1. The summed E-state index contributed by atoms with van der Waals surface area (Å²) >= 11 is 0. The van der Waals surface area contributed by atoms with E-state index in [1.807, 2.05) is 38.1 Å². The highest BCUT2D eigenvalue weighted by Crippen LogP contribution is 2.28. The van der Waals surface area contributed by atoms with Gasteiger partial charge in [-0.15, -0.1) is 0 Å². The smallest absolute Gasteiger partial charge is 0.237 e. The molecule has 2 atom stereocenters. The molecule has 3 N–H and O–H groups in total. The van der Waals surface area contributed by atoms with Gasteiger partial charge in [-0.05, 0) is 26.8 Å². The lowest BCUT2D eigenvalue weighted by molar-refractivity contribution is -0.122. The Morgan fingerprint density at radius 1 is 1.33 bits per heavy atom. The standard InChI is InChI=1S/C14H18N2O2/c1-8-11-6-4-5-7-12(11)18-13(8)10(3)16-14(17)9(2)15/h4-7,9-10H,15H2,1-3H3,(H,16,17)/t9-,10?/m0/s1. The molecular weight excluding hydrogens is 228 g/mol. The summed E-state index contributed by atoms with van der Waals surface area (Å²) in [7, 11) is 0. The summed E-state index contributed by atoms with van der Waals surface area (Å²) < 4.78 is 5.79. The third kappa shape index (κ3) is 2.24. The number of furan rings is 1. The fraction of sp³-hybridized carbons (Fsp3) is 0.357. The quantitative estimate of drug-likeness (QED) is 0.872. The summed E-state index contributed by atoms with van der Waals surface area (Å²) in [5, 5.41) is 3.92. The van der Waals surface area contributed by atoms with Crippen LogP contribution >= 0.6 is 0 Å². The summed E-state index contributed by atoms with van der Waals surface area (Å²) in [6.45, 7) is 5.55. The van der Waals surface area contributed by atoms with Crippen molar-refractivity contribution in [1.29, 1.82) is 0 Å². The second-order valence-electron chi connectivity index (χ2n) is 4.61. The number of benzene rings is 1. The maximum Gasteiger partial charge on any atom is 0.237 e. The van der Waals surface area contributed by atoms with Crippen LogP contribution in [0.2, 0.25) is 0 Å². The van der Waals surface area contributed by atoms with Crippen LogP contribution in [0, 0.1) is 6.92 Å². The molecule has 18 heavy (non-hydrogen) atoms. The SMILES string of the molecule is Cc1c(C(C)NC(=O)[C@H](C)N)oc2ccccc12. The lowest BCUT2D eigenvalue weighted by Crippen LogP contribution is -2.39. The van der Waals surface area contributed by atoms with E-state index in [1.54, 1.807) is 6.92 Å². The second kappa shape index (κ2) is 4.82. The molecule has 0 bridgehead atoms. The first-order chi connectivity index (χ1) is 8.50. The summed E-state index contributed by atoms with van der Waals surface area (Å²) in [6, 6.07) is 7.14. The van der Waals surface area contributed by atoms with Crippen LogP contribution < -0.4 is 11.1 Å². The molecule has 0 saturated carbocycles. The average molecular weight is 246 g/mol. The molecule has 1 amide bonds. The molecule has 0 aliphatic rings. The summed E-state index contributed by atoms with van der Waals surface area (Å²) in [6.07, 6.45) is 0. The van der Waals surface area contributed by atoms with Crippen molar-refractivity contribution < 1.29 is 9.21 Å². The second-order valence-corrected chi connectivity index (χ2v) is 4.61. The molecule has 4 heteroatoms. The third-order valence-electron chi connectivity index (χ3n) is 3.05. The van der Waals surface area contributed by atoms with Crippen molar-refractivity contribution in [3.8, 4) is 0 Å². The van der Waals surface area contributed by atoms with Gasteiger partial charge in [-0.25, -0.2) is 0 Å². The Bertz CT molecular complexity index is 572. The largest absolute Gasteiger partial charge is 0.459 e. The molecule has 0 saturated heterocycles. The fourth-order valence-electron chi connectivity index (χ4n) is 2.02. The predicted molar refractivity (Wildman–Crippen MR) is 71.2 cm³/mol. The lowest BCUT2D eigenvalue weighted by Gasteiger charge is -2.14. The molecule has 0 fully saturated rings. The van der Waals surface area contributed by atoms with Gasteiger partial charge in [0.1, 0.15) is 11.3 Å². The first-order valence-electron chi connectivity index (χ1n) is 6.04. The van der Waals surface area contributed by atoms with Crippen molar-refractivity contribution in [2.45, 2.75) is 32.9 Å². The molecule has 0 aliphatic heterocycles. The molecule has 1 heterocycles. The molecule has 96 valence electrons. The number of nitrogens with two attached hydrogens (primary N) is 1. The summed E-state index contributed by atoms with van der Waals surface area (Å²) in [4.78, 5) is 11.6. The van der Waals surface area contributed by atoms with E-state index in [2.05, 4.69) is 5.32 Å². The molecule has 2 aromatic rings. The van der Waals surface area contributed by atoms with Crippen molar-refractivity contribution in [2.75, 3.05) is 0 Å². The summed E-state index contributed by atoms with van der Waals surface area (Å²) in [5.41, 5.74) is 7.43. The molecule has 0 spiro atoms. The number of rotatable bonds is 3. The summed E-state index contributed by atoms with van der Waals surface area (Å²) in [5.74, 6) is 0.604. The van der Waals surface area contributed by atoms with Crippen LogP contribution in [0.5, 0.6) is 0 Å². The van der Waals surface area contributed by atoms with E-state index in [1.165, 1.54) is 0 Å². The topological polar surface area (TPSA) is 68.3 Å². The highest BCUT2D eigenvalue weighted by Gasteiger charge is 2.19. The number of hydrogen-bond donors (Lipinski definition) is 2. The number of carbonyl (C=O) groups excluding carboxylic acids is 1. The maximum absolute atomic E-state index is 11.6. The zero-order valence-electron chi connectivity index (χ0n) is 10.9. The van der Waals surface area contributed by atoms with E-state index in [0.29, 0.717) is 0 Å². The number of carbonyl (C=O) groups is 1. The minimum atomic E-state index is -0.517. The maximum atomic E-state index is 11.6. The zero-order valence-corrected chi connectivity index (χ0v) is 10.9. The minimum Gasteiger partial charge on any atom is -0.459 e. The number of aryl methyl sites for hydroxylation is 1. The van der Waals surface area contributed by atoms with E-state index in [9.17, 15) is 4.79 Å². The molecule has 0 aliphatic carbocycles. The van der Waals surface area contributed by atoms with E-state index in [-0.39, 0.29) is 11.9 Å². The molecular formula is C14H18N2O2. The van der Waals surface area contributed by atoms with Crippen LogP contribution in [0.1, 0.15) is 31.2 Å². The zero-order chi connectivity index (χ0) is 13.3. The molecule has 2 rings (SSSR count).